The number of rotatable bonds is 2. The van der Waals surface area contributed by atoms with Gasteiger partial charge in [-0.25, -0.2) is 0 Å². The molecule has 0 atom stereocenters. The van der Waals surface area contributed by atoms with Gasteiger partial charge in [0, 0.05) is 29.4 Å². The summed E-state index contributed by atoms with van der Waals surface area (Å²) >= 11 is 0.828. The Bertz CT molecular complexity index is 1170. The summed E-state index contributed by atoms with van der Waals surface area (Å²) < 4.78 is 5.82. The van der Waals surface area contributed by atoms with Crippen molar-refractivity contribution in [1.82, 2.24) is 10.3 Å². The molecule has 0 spiro atoms. The highest BCUT2D eigenvalue weighted by Crippen LogP contribution is 2.28. The van der Waals surface area contributed by atoms with E-state index in [9.17, 15) is 14.7 Å². The highest BCUT2D eigenvalue weighted by Gasteiger charge is 2.25. The van der Waals surface area contributed by atoms with E-state index < -0.39 is 11.1 Å². The third-order valence-corrected chi connectivity index (χ3v) is 4.69. The third-order valence-electron chi connectivity index (χ3n) is 3.88. The smallest absolute Gasteiger partial charge is 0.290 e. The maximum absolute atomic E-state index is 11.7. The molecule has 0 bridgehead atoms. The number of nitrogens with one attached hydrogen (secondary N) is 1. The predicted octanol–water partition coefficient (Wildman–Crippen LogP) is 3.04. The number of amides is 2. The Morgan fingerprint density at radius 2 is 2.00 bits per heavy atom. The van der Waals surface area contributed by atoms with E-state index in [1.54, 1.807) is 18.5 Å². The fourth-order valence-corrected chi connectivity index (χ4v) is 3.27. The van der Waals surface area contributed by atoms with Crippen molar-refractivity contribution in [3.05, 3.63) is 70.1 Å². The van der Waals surface area contributed by atoms with Crippen molar-refractivity contribution >= 4 is 40.0 Å². The van der Waals surface area contributed by atoms with E-state index in [-0.39, 0.29) is 11.5 Å². The van der Waals surface area contributed by atoms with E-state index in [0.29, 0.717) is 16.9 Å². The molecule has 3 aromatic rings. The molecule has 0 aliphatic carbocycles. The molecule has 3 heterocycles. The molecule has 1 aliphatic rings. The maximum Gasteiger partial charge on any atom is 0.290 e. The maximum atomic E-state index is 11.7. The van der Waals surface area contributed by atoms with Gasteiger partial charge in [-0.2, -0.15) is 0 Å². The fourth-order valence-electron chi connectivity index (χ4n) is 2.61. The molecule has 0 saturated carbocycles. The number of benzene rings is 1. The van der Waals surface area contributed by atoms with Crippen molar-refractivity contribution in [2.45, 2.75) is 6.61 Å². The van der Waals surface area contributed by atoms with Gasteiger partial charge in [0.2, 0.25) is 0 Å². The average Bonchev–Trinajstić information content (AvgIpc) is 3.22. The summed E-state index contributed by atoms with van der Waals surface area (Å²) in [6, 6.07) is 9.07. The monoisotopic (exact) mass is 376 g/mol. The van der Waals surface area contributed by atoms with Crippen LogP contribution in [-0.2, 0) is 11.4 Å². The standard InChI is InChI=1S/C20H12N2O4S/c23-11-14-4-2-1-3-12(14)5-6-13-9-21-10-15-7-16(26-18(13)15)8-17-19(24)22-20(25)27-17/h1-4,7-10,23H,11H2,(H,22,24,25). The summed E-state index contributed by atoms with van der Waals surface area (Å²) in [5, 5.41) is 11.9. The number of thioether (sulfide) groups is 1. The third kappa shape index (κ3) is 3.49. The Morgan fingerprint density at radius 3 is 2.78 bits per heavy atom. The number of aromatic nitrogens is 1. The van der Waals surface area contributed by atoms with Crippen LogP contribution in [0.3, 0.4) is 0 Å². The molecular formula is C20H12N2O4S. The second-order valence-corrected chi connectivity index (χ2v) is 6.69. The van der Waals surface area contributed by atoms with Gasteiger partial charge >= 0.3 is 0 Å². The minimum Gasteiger partial charge on any atom is -0.455 e. The van der Waals surface area contributed by atoms with E-state index in [1.807, 2.05) is 24.3 Å². The number of pyridine rings is 1. The van der Waals surface area contributed by atoms with Gasteiger partial charge in [-0.05, 0) is 29.5 Å². The lowest BCUT2D eigenvalue weighted by Gasteiger charge is -1.98. The van der Waals surface area contributed by atoms with Crippen LogP contribution in [0.5, 0.6) is 0 Å². The Balaban J connectivity index is 1.73. The minimum atomic E-state index is -0.441. The van der Waals surface area contributed by atoms with Crippen molar-refractivity contribution in [2.24, 2.45) is 0 Å². The van der Waals surface area contributed by atoms with Gasteiger partial charge in [-0.15, -0.1) is 0 Å². The summed E-state index contributed by atoms with van der Waals surface area (Å²) in [5.74, 6) is 6.05. The number of nitrogens with zero attached hydrogens (tertiary/aromatic N) is 1. The van der Waals surface area contributed by atoms with E-state index in [2.05, 4.69) is 22.1 Å². The first-order valence-electron chi connectivity index (χ1n) is 7.97. The van der Waals surface area contributed by atoms with Gasteiger partial charge in [0.25, 0.3) is 11.1 Å². The molecule has 4 rings (SSSR count). The van der Waals surface area contributed by atoms with Crippen LogP contribution in [0.2, 0.25) is 0 Å². The van der Waals surface area contributed by atoms with Crippen molar-refractivity contribution in [3.63, 3.8) is 0 Å². The number of furan rings is 1. The number of carbonyl (C=O) groups is 2. The summed E-state index contributed by atoms with van der Waals surface area (Å²) in [7, 11) is 0. The van der Waals surface area contributed by atoms with Crippen LogP contribution in [0.15, 0.2) is 52.0 Å². The zero-order valence-corrected chi connectivity index (χ0v) is 14.7. The Labute approximate surface area is 158 Å². The Hall–Kier alpha value is -3.34. The van der Waals surface area contributed by atoms with Gasteiger partial charge in [0.1, 0.15) is 5.76 Å². The number of hydrogen-bond donors (Lipinski definition) is 2. The Kier molecular flexibility index (Phi) is 4.50. The summed E-state index contributed by atoms with van der Waals surface area (Å²) in [4.78, 5) is 27.4. The van der Waals surface area contributed by atoms with Gasteiger partial charge in [0.05, 0.1) is 17.1 Å². The first-order chi connectivity index (χ1) is 13.1. The van der Waals surface area contributed by atoms with E-state index >= 15 is 0 Å². The molecule has 132 valence electrons. The lowest BCUT2D eigenvalue weighted by Crippen LogP contribution is -2.17. The molecule has 0 radical (unpaired) electrons. The van der Waals surface area contributed by atoms with Crippen LogP contribution in [0.4, 0.5) is 4.79 Å². The van der Waals surface area contributed by atoms with Crippen LogP contribution in [0, 0.1) is 11.8 Å². The quantitative estimate of drug-likeness (QED) is 0.528. The zero-order valence-electron chi connectivity index (χ0n) is 13.9. The molecule has 7 heteroatoms. The van der Waals surface area contributed by atoms with Crippen molar-refractivity contribution in [3.8, 4) is 11.8 Å². The second-order valence-electron chi connectivity index (χ2n) is 5.67. The lowest BCUT2D eigenvalue weighted by molar-refractivity contribution is -0.115. The van der Waals surface area contributed by atoms with Crippen molar-refractivity contribution in [2.75, 3.05) is 0 Å². The van der Waals surface area contributed by atoms with Gasteiger partial charge in [-0.3, -0.25) is 19.9 Å². The van der Waals surface area contributed by atoms with Gasteiger partial charge < -0.3 is 9.52 Å². The van der Waals surface area contributed by atoms with Crippen LogP contribution in [0.25, 0.3) is 17.0 Å². The number of aliphatic hydroxyl groups is 1. The lowest BCUT2D eigenvalue weighted by atomic mass is 10.1. The largest absolute Gasteiger partial charge is 0.455 e. The molecule has 0 unspecified atom stereocenters. The molecule has 2 aromatic heterocycles. The van der Waals surface area contributed by atoms with Crippen LogP contribution in [-0.4, -0.2) is 21.2 Å². The van der Waals surface area contributed by atoms with E-state index in [4.69, 9.17) is 4.42 Å². The first-order valence-corrected chi connectivity index (χ1v) is 8.79. The molecule has 1 aromatic carbocycles. The SMILES string of the molecule is O=C1NC(=O)C(=Cc2cc3cncc(C#Cc4ccccc4CO)c3o2)S1. The molecule has 6 nitrogen and oxygen atoms in total. The molecule has 2 N–H and O–H groups in total. The normalized spacial score (nSPS) is 15.1. The van der Waals surface area contributed by atoms with E-state index in [1.165, 1.54) is 6.08 Å². The fraction of sp³-hybridized carbons (Fsp3) is 0.0500. The van der Waals surface area contributed by atoms with Crippen LogP contribution in [0.1, 0.15) is 22.5 Å². The molecule has 27 heavy (non-hydrogen) atoms. The second kappa shape index (κ2) is 7.11. The number of imide groups is 1. The molecular weight excluding hydrogens is 364 g/mol. The number of carbonyl (C=O) groups excluding carboxylic acids is 2. The van der Waals surface area contributed by atoms with Gasteiger partial charge in [-0.1, -0.05) is 30.0 Å². The zero-order chi connectivity index (χ0) is 18.8. The van der Waals surface area contributed by atoms with Crippen LogP contribution >= 0.6 is 11.8 Å². The van der Waals surface area contributed by atoms with Crippen molar-refractivity contribution in [1.29, 1.82) is 0 Å². The van der Waals surface area contributed by atoms with Crippen molar-refractivity contribution < 1.29 is 19.1 Å². The van der Waals surface area contributed by atoms with Gasteiger partial charge in [0.15, 0.2) is 5.58 Å². The highest BCUT2D eigenvalue weighted by molar-refractivity contribution is 8.18. The number of aliphatic hydroxyl groups excluding tert-OH is 1. The average molecular weight is 376 g/mol. The topological polar surface area (TPSA) is 92.4 Å². The molecule has 1 saturated heterocycles. The summed E-state index contributed by atoms with van der Waals surface area (Å²) in [6.07, 6.45) is 4.75. The molecule has 2 amide bonds. The first kappa shape index (κ1) is 17.1. The Morgan fingerprint density at radius 1 is 1.19 bits per heavy atom. The number of fused-ring (bicyclic) bond motifs is 1. The van der Waals surface area contributed by atoms with Crippen LogP contribution < -0.4 is 5.32 Å². The highest BCUT2D eigenvalue weighted by atomic mass is 32.2. The minimum absolute atomic E-state index is 0.0930. The van der Waals surface area contributed by atoms with E-state index in [0.717, 1.165) is 28.3 Å². The molecule has 1 fully saturated rings. The summed E-state index contributed by atoms with van der Waals surface area (Å²) in [6.45, 7) is -0.0930. The number of hydrogen-bond acceptors (Lipinski definition) is 6. The predicted molar refractivity (Wildman–Crippen MR) is 101 cm³/mol. The molecule has 1 aliphatic heterocycles. The summed E-state index contributed by atoms with van der Waals surface area (Å²) in [5.41, 5.74) is 2.59.